The van der Waals surface area contributed by atoms with Crippen LogP contribution in [0.4, 0.5) is 0 Å². The number of ether oxygens (including phenoxy) is 1. The summed E-state index contributed by atoms with van der Waals surface area (Å²) >= 11 is 0. The molecule has 0 saturated heterocycles. The normalized spacial score (nSPS) is 18.1. The molecule has 0 radical (unpaired) electrons. The molecule has 1 atom stereocenters. The highest BCUT2D eigenvalue weighted by Crippen LogP contribution is 2.30. The summed E-state index contributed by atoms with van der Waals surface area (Å²) in [6.45, 7) is 0.681. The summed E-state index contributed by atoms with van der Waals surface area (Å²) < 4.78 is 7.51. The van der Waals surface area contributed by atoms with Crippen molar-refractivity contribution in [2.45, 2.75) is 18.9 Å². The van der Waals surface area contributed by atoms with Gasteiger partial charge in [0.15, 0.2) is 5.78 Å². The van der Waals surface area contributed by atoms with E-state index in [1.807, 2.05) is 19.2 Å². The fourth-order valence-electron chi connectivity index (χ4n) is 2.54. The lowest BCUT2D eigenvalue weighted by molar-refractivity contribution is 0.0349. The number of benzene rings is 1. The van der Waals surface area contributed by atoms with Crippen LogP contribution in [-0.2, 0) is 18.2 Å². The van der Waals surface area contributed by atoms with Crippen molar-refractivity contribution in [3.63, 3.8) is 0 Å². The van der Waals surface area contributed by atoms with Gasteiger partial charge in [-0.05, 0) is 17.5 Å². The number of imidazole rings is 1. The van der Waals surface area contributed by atoms with E-state index in [2.05, 4.69) is 17.1 Å². The van der Waals surface area contributed by atoms with E-state index in [0.29, 0.717) is 18.7 Å². The van der Waals surface area contributed by atoms with Crippen molar-refractivity contribution in [2.24, 2.45) is 7.05 Å². The smallest absolute Gasteiger partial charge is 0.183 e. The number of carbonyl (C=O) groups excluding carboxylic acids is 1. The largest absolute Gasteiger partial charge is 0.373 e. The number of rotatable bonds is 3. The zero-order valence-electron chi connectivity index (χ0n) is 10.9. The van der Waals surface area contributed by atoms with Crippen LogP contribution in [0, 0.1) is 0 Å². The number of hydrogen-bond acceptors (Lipinski definition) is 3. The predicted octanol–water partition coefficient (Wildman–Crippen LogP) is 2.31. The van der Waals surface area contributed by atoms with Crippen molar-refractivity contribution in [2.75, 3.05) is 6.61 Å². The molecule has 3 rings (SSSR count). The van der Waals surface area contributed by atoms with E-state index in [1.54, 1.807) is 17.1 Å². The highest BCUT2D eigenvalue weighted by molar-refractivity contribution is 5.94. The standard InChI is InChI=1S/C15H16N2O2/c1-17-10-16-9-13(17)14(18)8-15-12-5-3-2-4-11(12)6-7-19-15/h2-5,9-10,15H,6-8H2,1H3. The Morgan fingerprint density at radius 2 is 2.32 bits per heavy atom. The third-order valence-electron chi connectivity index (χ3n) is 3.57. The summed E-state index contributed by atoms with van der Waals surface area (Å²) in [4.78, 5) is 16.2. The van der Waals surface area contributed by atoms with Gasteiger partial charge in [0.1, 0.15) is 5.69 Å². The Hall–Kier alpha value is -1.94. The van der Waals surface area contributed by atoms with Gasteiger partial charge in [-0.3, -0.25) is 4.79 Å². The average Bonchev–Trinajstić information content (AvgIpc) is 2.85. The highest BCUT2D eigenvalue weighted by Gasteiger charge is 2.24. The molecule has 4 heteroatoms. The topological polar surface area (TPSA) is 44.1 Å². The first-order valence-corrected chi connectivity index (χ1v) is 6.44. The summed E-state index contributed by atoms with van der Waals surface area (Å²) in [5.41, 5.74) is 3.06. The number of carbonyl (C=O) groups is 1. The molecule has 0 N–H and O–H groups in total. The minimum atomic E-state index is -0.132. The second-order valence-corrected chi connectivity index (χ2v) is 4.83. The van der Waals surface area contributed by atoms with Crippen LogP contribution in [0.1, 0.15) is 34.1 Å². The third-order valence-corrected chi connectivity index (χ3v) is 3.57. The van der Waals surface area contributed by atoms with Crippen molar-refractivity contribution in [3.8, 4) is 0 Å². The first kappa shape index (κ1) is 12.1. The van der Waals surface area contributed by atoms with Crippen LogP contribution >= 0.6 is 0 Å². The quantitative estimate of drug-likeness (QED) is 0.791. The van der Waals surface area contributed by atoms with Crippen LogP contribution in [-0.4, -0.2) is 21.9 Å². The van der Waals surface area contributed by atoms with Crippen molar-refractivity contribution < 1.29 is 9.53 Å². The Kier molecular flexibility index (Phi) is 3.17. The molecule has 4 nitrogen and oxygen atoms in total. The molecular weight excluding hydrogens is 240 g/mol. The van der Waals surface area contributed by atoms with Crippen molar-refractivity contribution in [1.82, 2.24) is 9.55 Å². The molecule has 19 heavy (non-hydrogen) atoms. The summed E-state index contributed by atoms with van der Waals surface area (Å²) in [5, 5.41) is 0. The average molecular weight is 256 g/mol. The van der Waals surface area contributed by atoms with Crippen LogP contribution in [0.25, 0.3) is 0 Å². The van der Waals surface area contributed by atoms with Crippen LogP contribution in [0.2, 0.25) is 0 Å². The number of Topliss-reactive ketones (excluding diaryl/α,β-unsaturated/α-hetero) is 1. The fourth-order valence-corrected chi connectivity index (χ4v) is 2.54. The Labute approximate surface area is 112 Å². The molecule has 1 aromatic heterocycles. The van der Waals surface area contributed by atoms with Gasteiger partial charge in [-0.1, -0.05) is 24.3 Å². The van der Waals surface area contributed by atoms with Gasteiger partial charge < -0.3 is 9.30 Å². The minimum Gasteiger partial charge on any atom is -0.373 e. The van der Waals surface area contributed by atoms with Crippen molar-refractivity contribution in [3.05, 3.63) is 53.6 Å². The molecule has 1 aliphatic rings. The molecular formula is C15H16N2O2. The van der Waals surface area contributed by atoms with E-state index in [4.69, 9.17) is 4.74 Å². The molecule has 0 saturated carbocycles. The van der Waals surface area contributed by atoms with Gasteiger partial charge in [-0.15, -0.1) is 0 Å². The Morgan fingerprint density at radius 3 is 3.11 bits per heavy atom. The molecule has 1 aromatic carbocycles. The number of ketones is 1. The van der Waals surface area contributed by atoms with Gasteiger partial charge in [0.2, 0.25) is 0 Å². The summed E-state index contributed by atoms with van der Waals surface area (Å²) in [7, 11) is 1.83. The van der Waals surface area contributed by atoms with Crippen molar-refractivity contribution >= 4 is 5.78 Å². The van der Waals surface area contributed by atoms with Gasteiger partial charge in [0.25, 0.3) is 0 Å². The zero-order valence-corrected chi connectivity index (χ0v) is 10.9. The van der Waals surface area contributed by atoms with Crippen LogP contribution in [0.15, 0.2) is 36.8 Å². The third kappa shape index (κ3) is 2.31. The fraction of sp³-hybridized carbons (Fsp3) is 0.333. The summed E-state index contributed by atoms with van der Waals surface area (Å²) in [6.07, 6.45) is 4.41. The monoisotopic (exact) mass is 256 g/mol. The van der Waals surface area contributed by atoms with E-state index in [1.165, 1.54) is 5.56 Å². The maximum atomic E-state index is 12.3. The molecule has 0 spiro atoms. The molecule has 1 unspecified atom stereocenters. The predicted molar refractivity (Wildman–Crippen MR) is 71.0 cm³/mol. The maximum absolute atomic E-state index is 12.3. The first-order valence-electron chi connectivity index (χ1n) is 6.44. The minimum absolute atomic E-state index is 0.0710. The molecule has 2 aromatic rings. The molecule has 1 aliphatic heterocycles. The van der Waals surface area contributed by atoms with E-state index in [-0.39, 0.29) is 11.9 Å². The van der Waals surface area contributed by atoms with Gasteiger partial charge in [0, 0.05) is 13.5 Å². The lowest BCUT2D eigenvalue weighted by atomic mass is 9.94. The highest BCUT2D eigenvalue weighted by atomic mass is 16.5. The number of aryl methyl sites for hydroxylation is 1. The molecule has 2 heterocycles. The molecule has 0 amide bonds. The molecule has 0 aliphatic carbocycles. The van der Waals surface area contributed by atoms with Crippen LogP contribution in [0.5, 0.6) is 0 Å². The van der Waals surface area contributed by atoms with Crippen molar-refractivity contribution in [1.29, 1.82) is 0 Å². The van der Waals surface area contributed by atoms with Crippen LogP contribution < -0.4 is 0 Å². The summed E-state index contributed by atoms with van der Waals surface area (Å²) in [6, 6.07) is 8.19. The van der Waals surface area contributed by atoms with Gasteiger partial charge in [0.05, 0.1) is 25.2 Å². The number of aromatic nitrogens is 2. The molecule has 0 bridgehead atoms. The Morgan fingerprint density at radius 1 is 1.47 bits per heavy atom. The number of hydrogen-bond donors (Lipinski definition) is 0. The second kappa shape index (κ2) is 4.97. The first-order chi connectivity index (χ1) is 9.25. The van der Waals surface area contributed by atoms with Gasteiger partial charge in [-0.25, -0.2) is 4.98 Å². The lowest BCUT2D eigenvalue weighted by Crippen LogP contribution is -2.20. The maximum Gasteiger partial charge on any atom is 0.183 e. The SMILES string of the molecule is Cn1cncc1C(=O)CC1OCCc2ccccc21. The van der Waals surface area contributed by atoms with E-state index < -0.39 is 0 Å². The van der Waals surface area contributed by atoms with E-state index in [9.17, 15) is 4.79 Å². The van der Waals surface area contributed by atoms with E-state index >= 15 is 0 Å². The number of fused-ring (bicyclic) bond motifs is 1. The molecule has 0 fully saturated rings. The number of nitrogens with zero attached hydrogens (tertiary/aromatic N) is 2. The Balaban J connectivity index is 1.82. The second-order valence-electron chi connectivity index (χ2n) is 4.83. The van der Waals surface area contributed by atoms with E-state index in [0.717, 1.165) is 12.0 Å². The van der Waals surface area contributed by atoms with Gasteiger partial charge >= 0.3 is 0 Å². The Bertz CT molecular complexity index is 604. The lowest BCUT2D eigenvalue weighted by Gasteiger charge is -2.25. The molecule has 98 valence electrons. The van der Waals surface area contributed by atoms with Crippen LogP contribution in [0.3, 0.4) is 0 Å². The summed E-state index contributed by atoms with van der Waals surface area (Å²) in [5.74, 6) is 0.0710. The van der Waals surface area contributed by atoms with Gasteiger partial charge in [-0.2, -0.15) is 0 Å². The zero-order chi connectivity index (χ0) is 13.2.